The molecule has 116 valence electrons. The standard InChI is InChI=1S/C19H17NO2S/c1-3-14-8-10-15(11-9-14)12-17-18(21)20(19(22)23-17)16-7-5-4-6-13(16)2/h4-12H,3H2,1-2H3/b17-12-. The second-order valence-corrected chi connectivity index (χ2v) is 6.39. The van der Waals surface area contributed by atoms with Gasteiger partial charge in [0, 0.05) is 0 Å². The van der Waals surface area contributed by atoms with Crippen LogP contribution in [0.3, 0.4) is 0 Å². The van der Waals surface area contributed by atoms with Crippen molar-refractivity contribution in [2.75, 3.05) is 4.90 Å². The molecular formula is C19H17NO2S. The Balaban J connectivity index is 1.91. The van der Waals surface area contributed by atoms with Gasteiger partial charge in [0.2, 0.25) is 0 Å². The van der Waals surface area contributed by atoms with Crippen LogP contribution in [0.4, 0.5) is 10.5 Å². The van der Waals surface area contributed by atoms with Crippen LogP contribution >= 0.6 is 11.8 Å². The lowest BCUT2D eigenvalue weighted by Crippen LogP contribution is -2.28. The average Bonchev–Trinajstić information content (AvgIpc) is 2.83. The van der Waals surface area contributed by atoms with E-state index in [-0.39, 0.29) is 11.1 Å². The average molecular weight is 323 g/mol. The molecular weight excluding hydrogens is 306 g/mol. The van der Waals surface area contributed by atoms with Crippen LogP contribution in [0.15, 0.2) is 53.4 Å². The number of benzene rings is 2. The Hall–Kier alpha value is -2.33. The summed E-state index contributed by atoms with van der Waals surface area (Å²) in [6.45, 7) is 3.99. The minimum atomic E-state index is -0.256. The van der Waals surface area contributed by atoms with Gasteiger partial charge in [-0.25, -0.2) is 4.90 Å². The zero-order valence-electron chi connectivity index (χ0n) is 13.1. The fourth-order valence-corrected chi connectivity index (χ4v) is 3.32. The molecule has 0 bridgehead atoms. The number of carbonyl (C=O) groups is 2. The zero-order valence-corrected chi connectivity index (χ0v) is 13.9. The zero-order chi connectivity index (χ0) is 16.4. The van der Waals surface area contributed by atoms with E-state index in [9.17, 15) is 9.59 Å². The van der Waals surface area contributed by atoms with Gasteiger partial charge in [0.05, 0.1) is 10.6 Å². The van der Waals surface area contributed by atoms with Gasteiger partial charge in [-0.05, 0) is 53.9 Å². The lowest BCUT2D eigenvalue weighted by atomic mass is 10.1. The molecule has 23 heavy (non-hydrogen) atoms. The number of carbonyl (C=O) groups excluding carboxylic acids is 2. The summed E-state index contributed by atoms with van der Waals surface area (Å²) in [6.07, 6.45) is 2.76. The third kappa shape index (κ3) is 3.08. The predicted octanol–water partition coefficient (Wildman–Crippen LogP) is 4.80. The third-order valence-corrected chi connectivity index (χ3v) is 4.71. The van der Waals surface area contributed by atoms with E-state index in [0.717, 1.165) is 29.3 Å². The molecule has 2 amide bonds. The highest BCUT2D eigenvalue weighted by Gasteiger charge is 2.36. The van der Waals surface area contributed by atoms with Crippen molar-refractivity contribution in [3.8, 4) is 0 Å². The SMILES string of the molecule is CCc1ccc(/C=C2\SC(=O)N(c3ccccc3C)C2=O)cc1. The summed E-state index contributed by atoms with van der Waals surface area (Å²) in [5, 5.41) is -0.249. The van der Waals surface area contributed by atoms with Gasteiger partial charge in [-0.1, -0.05) is 49.4 Å². The smallest absolute Gasteiger partial charge is 0.268 e. The Morgan fingerprint density at radius 1 is 1.04 bits per heavy atom. The first-order valence-electron chi connectivity index (χ1n) is 7.52. The van der Waals surface area contributed by atoms with Crippen LogP contribution < -0.4 is 4.90 Å². The second-order valence-electron chi connectivity index (χ2n) is 5.40. The quantitative estimate of drug-likeness (QED) is 0.762. The molecule has 0 unspecified atom stereocenters. The molecule has 1 aliphatic rings. The van der Waals surface area contributed by atoms with E-state index in [1.165, 1.54) is 10.5 Å². The Morgan fingerprint density at radius 2 is 1.74 bits per heavy atom. The van der Waals surface area contributed by atoms with Crippen LogP contribution in [0, 0.1) is 6.92 Å². The van der Waals surface area contributed by atoms with Crippen molar-refractivity contribution in [2.24, 2.45) is 0 Å². The molecule has 0 radical (unpaired) electrons. The van der Waals surface area contributed by atoms with Crippen LogP contribution in [0.1, 0.15) is 23.6 Å². The van der Waals surface area contributed by atoms with Gasteiger partial charge < -0.3 is 0 Å². The van der Waals surface area contributed by atoms with Crippen LogP contribution in [-0.4, -0.2) is 11.1 Å². The molecule has 0 atom stereocenters. The second kappa shape index (κ2) is 6.42. The van der Waals surface area contributed by atoms with E-state index >= 15 is 0 Å². The largest absolute Gasteiger partial charge is 0.298 e. The fourth-order valence-electron chi connectivity index (χ4n) is 2.49. The Kier molecular flexibility index (Phi) is 4.35. The van der Waals surface area contributed by atoms with Crippen molar-refractivity contribution in [3.63, 3.8) is 0 Å². The summed E-state index contributed by atoms with van der Waals surface area (Å²) in [5.74, 6) is -0.256. The molecule has 1 heterocycles. The number of amides is 2. The summed E-state index contributed by atoms with van der Waals surface area (Å²) >= 11 is 0.989. The molecule has 3 nitrogen and oxygen atoms in total. The van der Waals surface area contributed by atoms with E-state index in [0.29, 0.717) is 10.6 Å². The first-order chi connectivity index (χ1) is 11.1. The van der Waals surface area contributed by atoms with Crippen molar-refractivity contribution in [1.82, 2.24) is 0 Å². The molecule has 0 N–H and O–H groups in total. The molecule has 2 aromatic rings. The summed E-state index contributed by atoms with van der Waals surface area (Å²) in [7, 11) is 0. The number of para-hydroxylation sites is 1. The van der Waals surface area contributed by atoms with Crippen LogP contribution in [-0.2, 0) is 11.2 Å². The minimum absolute atomic E-state index is 0.249. The summed E-state index contributed by atoms with van der Waals surface area (Å²) in [6, 6.07) is 15.4. The van der Waals surface area contributed by atoms with Gasteiger partial charge in [-0.15, -0.1) is 0 Å². The number of imide groups is 1. The van der Waals surface area contributed by atoms with Crippen LogP contribution in [0.5, 0.6) is 0 Å². The number of anilines is 1. The Labute approximate surface area is 140 Å². The summed E-state index contributed by atoms with van der Waals surface area (Å²) in [4.78, 5) is 26.6. The monoisotopic (exact) mass is 323 g/mol. The maximum Gasteiger partial charge on any atom is 0.298 e. The lowest BCUT2D eigenvalue weighted by molar-refractivity contribution is -0.113. The van der Waals surface area contributed by atoms with Crippen LogP contribution in [0.2, 0.25) is 0 Å². The molecule has 0 aliphatic carbocycles. The van der Waals surface area contributed by atoms with Gasteiger partial charge in [0.1, 0.15) is 0 Å². The summed E-state index contributed by atoms with van der Waals surface area (Å²) < 4.78 is 0. The number of thioether (sulfide) groups is 1. The fraction of sp³-hybridized carbons (Fsp3) is 0.158. The molecule has 1 saturated heterocycles. The number of rotatable bonds is 3. The van der Waals surface area contributed by atoms with Crippen molar-refractivity contribution in [2.45, 2.75) is 20.3 Å². The summed E-state index contributed by atoms with van der Waals surface area (Å²) in [5.41, 5.74) is 3.73. The minimum Gasteiger partial charge on any atom is -0.268 e. The highest BCUT2D eigenvalue weighted by molar-refractivity contribution is 8.19. The molecule has 3 rings (SSSR count). The van der Waals surface area contributed by atoms with E-state index in [4.69, 9.17) is 0 Å². The van der Waals surface area contributed by atoms with Gasteiger partial charge >= 0.3 is 0 Å². The molecule has 0 spiro atoms. The van der Waals surface area contributed by atoms with Crippen molar-refractivity contribution in [1.29, 1.82) is 0 Å². The van der Waals surface area contributed by atoms with Crippen molar-refractivity contribution in [3.05, 3.63) is 70.1 Å². The Bertz CT molecular complexity index is 793. The number of aryl methyl sites for hydroxylation is 2. The molecule has 1 aliphatic heterocycles. The van der Waals surface area contributed by atoms with E-state index in [1.807, 2.05) is 49.4 Å². The maximum atomic E-state index is 12.6. The molecule has 2 aromatic carbocycles. The van der Waals surface area contributed by atoms with Gasteiger partial charge in [-0.2, -0.15) is 0 Å². The van der Waals surface area contributed by atoms with Gasteiger partial charge in [0.25, 0.3) is 11.1 Å². The number of nitrogens with zero attached hydrogens (tertiary/aromatic N) is 1. The lowest BCUT2D eigenvalue weighted by Gasteiger charge is -2.14. The van der Waals surface area contributed by atoms with Gasteiger partial charge in [0.15, 0.2) is 0 Å². The predicted molar refractivity (Wildman–Crippen MR) is 95.4 cm³/mol. The highest BCUT2D eigenvalue weighted by Crippen LogP contribution is 2.36. The van der Waals surface area contributed by atoms with E-state index in [2.05, 4.69) is 6.92 Å². The van der Waals surface area contributed by atoms with Crippen molar-refractivity contribution >= 4 is 34.7 Å². The third-order valence-electron chi connectivity index (χ3n) is 3.84. The topological polar surface area (TPSA) is 37.4 Å². The molecule has 0 saturated carbocycles. The van der Waals surface area contributed by atoms with Crippen LogP contribution in [0.25, 0.3) is 6.08 Å². The normalized spacial score (nSPS) is 16.4. The number of hydrogen-bond donors (Lipinski definition) is 0. The van der Waals surface area contributed by atoms with E-state index < -0.39 is 0 Å². The van der Waals surface area contributed by atoms with Gasteiger partial charge in [-0.3, -0.25) is 9.59 Å². The number of hydrogen-bond acceptors (Lipinski definition) is 3. The first kappa shape index (κ1) is 15.6. The molecule has 4 heteroatoms. The Morgan fingerprint density at radius 3 is 2.39 bits per heavy atom. The highest BCUT2D eigenvalue weighted by atomic mass is 32.2. The van der Waals surface area contributed by atoms with E-state index in [1.54, 1.807) is 12.1 Å². The maximum absolute atomic E-state index is 12.6. The molecule has 0 aromatic heterocycles. The van der Waals surface area contributed by atoms with Crippen molar-refractivity contribution < 1.29 is 9.59 Å². The molecule has 1 fully saturated rings. The first-order valence-corrected chi connectivity index (χ1v) is 8.34.